The summed E-state index contributed by atoms with van der Waals surface area (Å²) in [7, 11) is 0. The van der Waals surface area contributed by atoms with Gasteiger partial charge >= 0.3 is 6.03 Å². The molecule has 0 fully saturated rings. The number of aryl methyl sites for hydroxylation is 1. The number of urea groups is 1. The zero-order valence-corrected chi connectivity index (χ0v) is 14.8. The molecule has 1 atom stereocenters. The van der Waals surface area contributed by atoms with Gasteiger partial charge in [-0.1, -0.05) is 36.4 Å². The van der Waals surface area contributed by atoms with Gasteiger partial charge in [-0.25, -0.2) is 9.78 Å². The molecule has 4 rings (SSSR count). The molecule has 7 nitrogen and oxygen atoms in total. The molecule has 0 saturated heterocycles. The van der Waals surface area contributed by atoms with E-state index in [4.69, 9.17) is 0 Å². The van der Waals surface area contributed by atoms with Gasteiger partial charge in [0.25, 0.3) is 0 Å². The van der Waals surface area contributed by atoms with Crippen LogP contribution >= 0.6 is 0 Å². The average Bonchev–Trinajstić information content (AvgIpc) is 3.04. The number of nitrogens with one attached hydrogen (secondary N) is 2. The minimum atomic E-state index is -0.205. The number of carbonyl (C=O) groups is 1. The quantitative estimate of drug-likeness (QED) is 0.663. The molecule has 1 aromatic carbocycles. The Bertz CT molecular complexity index is 924. The Labute approximate surface area is 157 Å². The van der Waals surface area contributed by atoms with Crippen LogP contribution in [0.4, 0.5) is 4.79 Å². The predicted molar refractivity (Wildman–Crippen MR) is 101 cm³/mol. The molecule has 1 aliphatic carbocycles. The lowest BCUT2D eigenvalue weighted by Gasteiger charge is -2.22. The van der Waals surface area contributed by atoms with Gasteiger partial charge in [0.15, 0.2) is 5.82 Å². The maximum Gasteiger partial charge on any atom is 0.315 e. The first-order valence-electron chi connectivity index (χ1n) is 9.00. The molecular formula is C20H21N5O2. The van der Waals surface area contributed by atoms with Crippen LogP contribution in [0.25, 0.3) is 5.82 Å². The van der Waals surface area contributed by atoms with Crippen LogP contribution in [0, 0.1) is 0 Å². The number of hydrogen-bond acceptors (Lipinski definition) is 4. The highest BCUT2D eigenvalue weighted by Gasteiger charge is 2.27. The first-order valence-corrected chi connectivity index (χ1v) is 9.00. The van der Waals surface area contributed by atoms with E-state index in [9.17, 15) is 9.90 Å². The van der Waals surface area contributed by atoms with Crippen molar-refractivity contribution in [1.29, 1.82) is 0 Å². The Morgan fingerprint density at radius 1 is 1.19 bits per heavy atom. The summed E-state index contributed by atoms with van der Waals surface area (Å²) >= 11 is 0. The van der Waals surface area contributed by atoms with E-state index >= 15 is 0 Å². The van der Waals surface area contributed by atoms with E-state index in [1.54, 1.807) is 12.3 Å². The van der Waals surface area contributed by atoms with Crippen molar-refractivity contribution in [3.63, 3.8) is 0 Å². The summed E-state index contributed by atoms with van der Waals surface area (Å²) in [6.07, 6.45) is 3.69. The fourth-order valence-electron chi connectivity index (χ4n) is 3.33. The maximum atomic E-state index is 12.2. The van der Waals surface area contributed by atoms with Gasteiger partial charge in [-0.3, -0.25) is 0 Å². The zero-order chi connectivity index (χ0) is 18.6. The first-order chi connectivity index (χ1) is 13.2. The molecule has 138 valence electrons. The lowest BCUT2D eigenvalue weighted by Crippen LogP contribution is -2.44. The third-order valence-corrected chi connectivity index (χ3v) is 4.72. The number of amides is 2. The third-order valence-electron chi connectivity index (χ3n) is 4.72. The molecule has 1 aliphatic rings. The molecule has 0 aliphatic heterocycles. The van der Waals surface area contributed by atoms with E-state index in [-0.39, 0.29) is 18.0 Å². The van der Waals surface area contributed by atoms with E-state index < -0.39 is 0 Å². The van der Waals surface area contributed by atoms with Crippen molar-refractivity contribution in [2.24, 2.45) is 0 Å². The molecule has 1 unspecified atom stereocenters. The van der Waals surface area contributed by atoms with Crippen LogP contribution in [-0.4, -0.2) is 31.9 Å². The SMILES string of the molecule is O=C(NCc1ccccc1)NC1CCc2nn(-c3ccccn3)c(O)c2C1. The van der Waals surface area contributed by atoms with Crippen LogP contribution in [-0.2, 0) is 19.4 Å². The largest absolute Gasteiger partial charge is 0.493 e. The first kappa shape index (κ1) is 17.1. The Morgan fingerprint density at radius 3 is 2.78 bits per heavy atom. The number of hydrogen-bond donors (Lipinski definition) is 3. The normalized spacial score (nSPS) is 15.8. The maximum absolute atomic E-state index is 12.2. The number of aromatic hydroxyl groups is 1. The standard InChI is InChI=1S/C20H21N5O2/c26-19-16-12-15(23-20(27)22-13-14-6-2-1-3-7-14)9-10-17(16)24-25(19)18-8-4-5-11-21-18/h1-8,11,15,26H,9-10,12-13H2,(H2,22,23,27). The summed E-state index contributed by atoms with van der Waals surface area (Å²) in [5.74, 6) is 0.675. The smallest absolute Gasteiger partial charge is 0.315 e. The monoisotopic (exact) mass is 363 g/mol. The fraction of sp³-hybridized carbons (Fsp3) is 0.250. The molecule has 0 spiro atoms. The topological polar surface area (TPSA) is 92.1 Å². The summed E-state index contributed by atoms with van der Waals surface area (Å²) in [5.41, 5.74) is 2.69. The van der Waals surface area contributed by atoms with E-state index in [0.29, 0.717) is 25.2 Å². The second-order valence-electron chi connectivity index (χ2n) is 6.60. The van der Waals surface area contributed by atoms with Crippen molar-refractivity contribution in [3.05, 3.63) is 71.5 Å². The molecular weight excluding hydrogens is 342 g/mol. The van der Waals surface area contributed by atoms with Gasteiger partial charge in [0.1, 0.15) is 0 Å². The third kappa shape index (κ3) is 3.76. The van der Waals surface area contributed by atoms with E-state index in [1.807, 2.05) is 42.5 Å². The Morgan fingerprint density at radius 2 is 2.00 bits per heavy atom. The summed E-state index contributed by atoms with van der Waals surface area (Å²) in [6, 6.07) is 15.0. The minimum Gasteiger partial charge on any atom is -0.493 e. The summed E-state index contributed by atoms with van der Waals surface area (Å²) in [4.78, 5) is 16.4. The van der Waals surface area contributed by atoms with Crippen LogP contribution in [0.3, 0.4) is 0 Å². The van der Waals surface area contributed by atoms with Crippen molar-refractivity contribution >= 4 is 6.03 Å². The van der Waals surface area contributed by atoms with Crippen molar-refractivity contribution < 1.29 is 9.90 Å². The van der Waals surface area contributed by atoms with Crippen LogP contribution in [0.1, 0.15) is 23.2 Å². The van der Waals surface area contributed by atoms with E-state index in [1.165, 1.54) is 4.68 Å². The summed E-state index contributed by atoms with van der Waals surface area (Å²) in [5, 5.41) is 20.9. The van der Waals surface area contributed by atoms with Crippen molar-refractivity contribution in [1.82, 2.24) is 25.4 Å². The number of pyridine rings is 1. The highest BCUT2D eigenvalue weighted by atomic mass is 16.3. The number of fused-ring (bicyclic) bond motifs is 1. The lowest BCUT2D eigenvalue weighted by molar-refractivity contribution is 0.235. The molecule has 7 heteroatoms. The van der Waals surface area contributed by atoms with Gasteiger partial charge in [-0.05, 0) is 37.0 Å². The predicted octanol–water partition coefficient (Wildman–Crippen LogP) is 2.33. The second kappa shape index (κ2) is 7.49. The van der Waals surface area contributed by atoms with Gasteiger partial charge in [0.2, 0.25) is 5.88 Å². The molecule has 27 heavy (non-hydrogen) atoms. The van der Waals surface area contributed by atoms with Crippen LogP contribution in [0.5, 0.6) is 5.88 Å². The molecule has 2 heterocycles. The van der Waals surface area contributed by atoms with Crippen LogP contribution < -0.4 is 10.6 Å². The van der Waals surface area contributed by atoms with Crippen molar-refractivity contribution in [2.75, 3.05) is 0 Å². The number of nitrogens with zero attached hydrogens (tertiary/aromatic N) is 3. The second-order valence-corrected chi connectivity index (χ2v) is 6.60. The molecule has 2 aromatic heterocycles. The highest BCUT2D eigenvalue weighted by molar-refractivity contribution is 5.74. The molecule has 2 amide bonds. The molecule has 3 N–H and O–H groups in total. The van der Waals surface area contributed by atoms with E-state index in [2.05, 4.69) is 20.7 Å². The van der Waals surface area contributed by atoms with Crippen LogP contribution in [0.2, 0.25) is 0 Å². The van der Waals surface area contributed by atoms with Crippen molar-refractivity contribution in [3.8, 4) is 11.7 Å². The highest BCUT2D eigenvalue weighted by Crippen LogP contribution is 2.30. The van der Waals surface area contributed by atoms with Crippen LogP contribution in [0.15, 0.2) is 54.7 Å². The van der Waals surface area contributed by atoms with Crippen molar-refractivity contribution in [2.45, 2.75) is 31.8 Å². The Hall–Kier alpha value is -3.35. The average molecular weight is 363 g/mol. The number of benzene rings is 1. The zero-order valence-electron chi connectivity index (χ0n) is 14.8. The Kier molecular flexibility index (Phi) is 4.74. The number of carbonyl (C=O) groups excluding carboxylic acids is 1. The minimum absolute atomic E-state index is 0.0412. The molecule has 0 saturated carbocycles. The summed E-state index contributed by atoms with van der Waals surface area (Å²) in [6.45, 7) is 0.480. The van der Waals surface area contributed by atoms with Gasteiger partial charge in [0.05, 0.1) is 5.69 Å². The van der Waals surface area contributed by atoms with Gasteiger partial charge in [-0.2, -0.15) is 9.78 Å². The fourth-order valence-corrected chi connectivity index (χ4v) is 3.33. The summed E-state index contributed by atoms with van der Waals surface area (Å²) < 4.78 is 1.46. The van der Waals surface area contributed by atoms with Gasteiger partial charge < -0.3 is 15.7 Å². The van der Waals surface area contributed by atoms with Gasteiger partial charge in [-0.15, -0.1) is 0 Å². The lowest BCUT2D eigenvalue weighted by atomic mass is 9.93. The molecule has 0 radical (unpaired) electrons. The molecule has 0 bridgehead atoms. The Balaban J connectivity index is 1.40. The van der Waals surface area contributed by atoms with Gasteiger partial charge in [0, 0.05) is 24.3 Å². The number of aromatic nitrogens is 3. The molecule has 3 aromatic rings. The number of rotatable bonds is 4. The van der Waals surface area contributed by atoms with E-state index in [0.717, 1.165) is 23.2 Å².